The molecule has 0 bridgehead atoms. The Morgan fingerprint density at radius 2 is 1.79 bits per heavy atom. The first-order valence-electron chi connectivity index (χ1n) is 9.65. The van der Waals surface area contributed by atoms with Crippen molar-refractivity contribution in [3.05, 3.63) is 53.0 Å². The molecule has 3 rings (SSSR count). The van der Waals surface area contributed by atoms with Gasteiger partial charge < -0.3 is 16.3 Å². The molecule has 29 heavy (non-hydrogen) atoms. The third-order valence-corrected chi connectivity index (χ3v) is 5.55. The lowest BCUT2D eigenvalue weighted by Crippen LogP contribution is -2.42. The first-order valence-corrected chi connectivity index (χ1v) is 9.65. The van der Waals surface area contributed by atoms with Gasteiger partial charge >= 0.3 is 6.18 Å². The number of amides is 1. The standard InChI is InChI=1S/C21H24F3N3O2/c1-13-18(17(21(22,23)24)11-12-27(13)29)14-7-9-16(10-8-14)26-20(28)19(25)15-5-3-2-4-6-15/h7-12,15,19H,2-6,25H2,1H3,(H,26,28)/t19-/m0/s1. The number of carbonyl (C=O) groups is 1. The summed E-state index contributed by atoms with van der Waals surface area (Å²) in [6, 6.07) is 6.11. The lowest BCUT2D eigenvalue weighted by molar-refractivity contribution is -0.611. The highest BCUT2D eigenvalue weighted by Gasteiger charge is 2.36. The van der Waals surface area contributed by atoms with Crippen LogP contribution >= 0.6 is 0 Å². The lowest BCUT2D eigenvalue weighted by Gasteiger charge is -2.26. The Hall–Kier alpha value is -2.61. The first kappa shape index (κ1) is 21.1. The molecule has 1 aromatic carbocycles. The molecule has 0 saturated heterocycles. The Morgan fingerprint density at radius 1 is 1.17 bits per heavy atom. The minimum absolute atomic E-state index is 0.0454. The van der Waals surface area contributed by atoms with Crippen LogP contribution in [0.5, 0.6) is 0 Å². The summed E-state index contributed by atoms with van der Waals surface area (Å²) in [6.07, 6.45) is 1.41. The van der Waals surface area contributed by atoms with Crippen LogP contribution in [0.15, 0.2) is 36.5 Å². The van der Waals surface area contributed by atoms with Gasteiger partial charge in [0.2, 0.25) is 5.91 Å². The summed E-state index contributed by atoms with van der Waals surface area (Å²) < 4.78 is 40.5. The number of halogens is 3. The third-order valence-electron chi connectivity index (χ3n) is 5.55. The van der Waals surface area contributed by atoms with E-state index < -0.39 is 17.8 Å². The highest BCUT2D eigenvalue weighted by Crippen LogP contribution is 2.38. The summed E-state index contributed by atoms with van der Waals surface area (Å²) in [7, 11) is 0. The Morgan fingerprint density at radius 3 is 2.38 bits per heavy atom. The van der Waals surface area contributed by atoms with Crippen LogP contribution in [0.3, 0.4) is 0 Å². The number of hydrogen-bond acceptors (Lipinski definition) is 3. The molecule has 2 aromatic rings. The molecule has 0 radical (unpaired) electrons. The van der Waals surface area contributed by atoms with Gasteiger partial charge in [-0.25, -0.2) is 0 Å². The molecule has 1 fully saturated rings. The number of nitrogens with one attached hydrogen (secondary N) is 1. The van der Waals surface area contributed by atoms with Crippen molar-refractivity contribution in [3.63, 3.8) is 0 Å². The van der Waals surface area contributed by atoms with E-state index in [-0.39, 0.29) is 28.6 Å². The number of anilines is 1. The molecule has 1 aromatic heterocycles. The number of alkyl halides is 3. The van der Waals surface area contributed by atoms with E-state index in [0.29, 0.717) is 10.4 Å². The van der Waals surface area contributed by atoms with Crippen molar-refractivity contribution in [2.45, 2.75) is 51.2 Å². The Bertz CT molecular complexity index is 876. The summed E-state index contributed by atoms with van der Waals surface area (Å²) in [4.78, 5) is 12.4. The van der Waals surface area contributed by atoms with E-state index in [2.05, 4.69) is 5.32 Å². The van der Waals surface area contributed by atoms with Crippen LogP contribution in [0.2, 0.25) is 0 Å². The average molecular weight is 407 g/mol. The van der Waals surface area contributed by atoms with Crippen LogP contribution in [0.1, 0.15) is 43.4 Å². The van der Waals surface area contributed by atoms with Crippen molar-refractivity contribution in [2.75, 3.05) is 5.32 Å². The van der Waals surface area contributed by atoms with Gasteiger partial charge in [0.05, 0.1) is 17.2 Å². The molecular formula is C21H24F3N3O2. The molecule has 1 saturated carbocycles. The number of aromatic nitrogens is 1. The van der Waals surface area contributed by atoms with Crippen LogP contribution < -0.4 is 15.8 Å². The van der Waals surface area contributed by atoms with Gasteiger partial charge in [-0.05, 0) is 36.5 Å². The maximum Gasteiger partial charge on any atom is 0.417 e. The largest absolute Gasteiger partial charge is 0.618 e. The Balaban J connectivity index is 1.81. The molecule has 1 amide bonds. The number of pyridine rings is 1. The zero-order valence-corrected chi connectivity index (χ0v) is 16.1. The van der Waals surface area contributed by atoms with Gasteiger partial charge in [-0.1, -0.05) is 31.4 Å². The molecule has 1 heterocycles. The number of nitrogens with zero attached hydrogens (tertiary/aromatic N) is 1. The maximum absolute atomic E-state index is 13.4. The van der Waals surface area contributed by atoms with Crippen LogP contribution in [-0.4, -0.2) is 11.9 Å². The minimum Gasteiger partial charge on any atom is -0.618 e. The van der Waals surface area contributed by atoms with E-state index in [1.54, 1.807) is 0 Å². The van der Waals surface area contributed by atoms with Gasteiger partial charge in [0, 0.05) is 18.7 Å². The fourth-order valence-corrected chi connectivity index (χ4v) is 3.90. The summed E-state index contributed by atoms with van der Waals surface area (Å²) in [6.45, 7) is 1.34. The van der Waals surface area contributed by atoms with Crippen LogP contribution in [0, 0.1) is 18.0 Å². The van der Waals surface area contributed by atoms with Crippen LogP contribution in [0.25, 0.3) is 11.1 Å². The normalized spacial score (nSPS) is 16.4. The summed E-state index contributed by atoms with van der Waals surface area (Å²) in [5, 5.41) is 14.5. The summed E-state index contributed by atoms with van der Waals surface area (Å²) in [5.74, 6) is -0.147. The van der Waals surface area contributed by atoms with Gasteiger partial charge in [-0.2, -0.15) is 17.9 Å². The number of carbonyl (C=O) groups excluding carboxylic acids is 1. The zero-order valence-electron chi connectivity index (χ0n) is 16.1. The molecule has 8 heteroatoms. The van der Waals surface area contributed by atoms with E-state index in [1.807, 2.05) is 0 Å². The van der Waals surface area contributed by atoms with Crippen molar-refractivity contribution in [1.82, 2.24) is 0 Å². The fourth-order valence-electron chi connectivity index (χ4n) is 3.90. The molecule has 5 nitrogen and oxygen atoms in total. The summed E-state index contributed by atoms with van der Waals surface area (Å²) in [5.41, 5.74) is 5.69. The highest BCUT2D eigenvalue weighted by atomic mass is 19.4. The molecule has 3 N–H and O–H groups in total. The SMILES string of the molecule is Cc1c(-c2ccc(NC(=O)[C@@H](N)C3CCCCC3)cc2)c(C(F)(F)F)cc[n+]1[O-]. The van der Waals surface area contributed by atoms with Gasteiger partial charge in [-0.15, -0.1) is 0 Å². The minimum atomic E-state index is -4.59. The lowest BCUT2D eigenvalue weighted by atomic mass is 9.84. The van der Waals surface area contributed by atoms with E-state index >= 15 is 0 Å². The zero-order chi connectivity index (χ0) is 21.2. The van der Waals surface area contributed by atoms with E-state index in [0.717, 1.165) is 44.4 Å². The number of nitrogens with two attached hydrogens (primary N) is 1. The van der Waals surface area contributed by atoms with Gasteiger partial charge in [0.25, 0.3) is 0 Å². The van der Waals surface area contributed by atoms with E-state index in [9.17, 15) is 23.2 Å². The third kappa shape index (κ3) is 4.70. The molecule has 0 unspecified atom stereocenters. The second-order valence-electron chi connectivity index (χ2n) is 7.50. The first-order chi connectivity index (χ1) is 13.7. The van der Waals surface area contributed by atoms with Crippen molar-refractivity contribution in [2.24, 2.45) is 11.7 Å². The molecular weight excluding hydrogens is 383 g/mol. The monoisotopic (exact) mass is 407 g/mol. The second kappa shape index (κ2) is 8.41. The number of rotatable bonds is 4. The van der Waals surface area contributed by atoms with Crippen molar-refractivity contribution in [3.8, 4) is 11.1 Å². The Labute approximate surface area is 167 Å². The smallest absolute Gasteiger partial charge is 0.417 e. The molecule has 1 aliphatic rings. The van der Waals surface area contributed by atoms with Crippen molar-refractivity contribution < 1.29 is 22.7 Å². The fraction of sp³-hybridized carbons (Fsp3) is 0.429. The molecule has 0 aliphatic heterocycles. The highest BCUT2D eigenvalue weighted by molar-refractivity contribution is 5.95. The van der Waals surface area contributed by atoms with E-state index in [4.69, 9.17) is 5.73 Å². The molecule has 156 valence electrons. The van der Waals surface area contributed by atoms with Crippen LogP contribution in [-0.2, 0) is 11.0 Å². The summed E-state index contributed by atoms with van der Waals surface area (Å²) >= 11 is 0. The molecule has 1 aliphatic carbocycles. The molecule has 1 atom stereocenters. The van der Waals surface area contributed by atoms with Crippen LogP contribution in [0.4, 0.5) is 18.9 Å². The number of hydrogen-bond donors (Lipinski definition) is 2. The second-order valence-corrected chi connectivity index (χ2v) is 7.50. The van der Waals surface area contributed by atoms with Gasteiger partial charge in [0.1, 0.15) is 0 Å². The van der Waals surface area contributed by atoms with Crippen molar-refractivity contribution >= 4 is 11.6 Å². The predicted octanol–water partition coefficient (Wildman–Crippen LogP) is 4.16. The Kier molecular flexibility index (Phi) is 6.12. The predicted molar refractivity (Wildman–Crippen MR) is 104 cm³/mol. The van der Waals surface area contributed by atoms with Gasteiger partial charge in [-0.3, -0.25) is 4.79 Å². The van der Waals surface area contributed by atoms with Crippen molar-refractivity contribution in [1.29, 1.82) is 0 Å². The topological polar surface area (TPSA) is 82.1 Å². The quantitative estimate of drug-likeness (QED) is 0.590. The average Bonchev–Trinajstić information content (AvgIpc) is 2.70. The molecule has 0 spiro atoms. The maximum atomic E-state index is 13.4. The number of benzene rings is 1. The van der Waals surface area contributed by atoms with E-state index in [1.165, 1.54) is 31.2 Å². The van der Waals surface area contributed by atoms with Gasteiger partial charge in [0.15, 0.2) is 11.9 Å².